The first-order valence-electron chi connectivity index (χ1n) is 14.0. The van der Waals surface area contributed by atoms with E-state index in [0.29, 0.717) is 36.5 Å². The van der Waals surface area contributed by atoms with Crippen LogP contribution in [0, 0.1) is 5.92 Å². The molecular weight excluding hydrogens is 532 g/mol. The quantitative estimate of drug-likeness (QED) is 0.225. The lowest BCUT2D eigenvalue weighted by Crippen LogP contribution is -2.40. The summed E-state index contributed by atoms with van der Waals surface area (Å²) in [7, 11) is 1.46. The third-order valence-corrected chi connectivity index (χ3v) is 7.16. The second-order valence-electron chi connectivity index (χ2n) is 10.8. The summed E-state index contributed by atoms with van der Waals surface area (Å²) in [5.74, 6) is 0.506. The van der Waals surface area contributed by atoms with Gasteiger partial charge in [-0.25, -0.2) is 14.8 Å². The number of carbonyl (C=O) groups is 1. The molecule has 0 unspecified atom stereocenters. The molecule has 0 radical (unpaired) electrons. The molecule has 3 aromatic carbocycles. The maximum Gasteiger partial charge on any atom is 0.332 e. The molecule has 0 N–H and O–H groups in total. The van der Waals surface area contributed by atoms with E-state index in [1.54, 1.807) is 0 Å². The zero-order valence-corrected chi connectivity index (χ0v) is 24.3. The molecule has 0 bridgehead atoms. The smallest absolute Gasteiger partial charge is 0.332 e. The third-order valence-electron chi connectivity index (χ3n) is 7.16. The molecule has 2 aromatic heterocycles. The molecule has 0 saturated carbocycles. The molecule has 0 aliphatic rings. The number of aryl methyl sites for hydroxylation is 2. The van der Waals surface area contributed by atoms with E-state index in [0.717, 1.165) is 26.5 Å². The van der Waals surface area contributed by atoms with Crippen molar-refractivity contribution < 1.29 is 14.3 Å². The van der Waals surface area contributed by atoms with E-state index in [4.69, 9.17) is 19.4 Å². The standard InChI is InChI=1S/C33H34N4O5/c1-21(2)18-37-31-30(32(39)36(4)33(37)40)34-27(17-16-23-10-5-6-12-25(23)19-41-22(3)38)28(35-31)20-42-29-15-9-13-24-11-7-8-14-26(24)29/h5-15,21H,16-20H2,1-4H3. The molecule has 5 aromatic rings. The van der Waals surface area contributed by atoms with Crippen LogP contribution in [0.4, 0.5) is 0 Å². The number of nitrogens with zero attached hydrogens (tertiary/aromatic N) is 4. The van der Waals surface area contributed by atoms with E-state index >= 15 is 0 Å². The molecule has 0 amide bonds. The molecule has 0 aliphatic heterocycles. The summed E-state index contributed by atoms with van der Waals surface area (Å²) < 4.78 is 14.2. The number of ether oxygens (including phenoxy) is 2. The zero-order valence-electron chi connectivity index (χ0n) is 24.3. The molecule has 9 heteroatoms. The highest BCUT2D eigenvalue weighted by Gasteiger charge is 2.19. The van der Waals surface area contributed by atoms with Gasteiger partial charge in [0, 0.05) is 25.9 Å². The Labute approximate surface area is 243 Å². The minimum Gasteiger partial charge on any atom is -0.487 e. The number of aromatic nitrogens is 4. The van der Waals surface area contributed by atoms with Crippen LogP contribution in [0.25, 0.3) is 21.9 Å². The largest absolute Gasteiger partial charge is 0.487 e. The summed E-state index contributed by atoms with van der Waals surface area (Å²) in [5.41, 5.74) is 2.55. The molecule has 0 aliphatic carbocycles. The van der Waals surface area contributed by atoms with Crippen molar-refractivity contribution >= 4 is 27.9 Å². The Balaban J connectivity index is 1.58. The fourth-order valence-corrected chi connectivity index (χ4v) is 5.03. The van der Waals surface area contributed by atoms with Gasteiger partial charge in [0.1, 0.15) is 24.7 Å². The lowest BCUT2D eigenvalue weighted by atomic mass is 10.0. The van der Waals surface area contributed by atoms with Crippen molar-refractivity contribution in [3.63, 3.8) is 0 Å². The number of esters is 1. The monoisotopic (exact) mass is 566 g/mol. The summed E-state index contributed by atoms with van der Waals surface area (Å²) in [4.78, 5) is 47.4. The highest BCUT2D eigenvalue weighted by Crippen LogP contribution is 2.26. The van der Waals surface area contributed by atoms with Crippen LogP contribution in [0.1, 0.15) is 43.3 Å². The van der Waals surface area contributed by atoms with Gasteiger partial charge >= 0.3 is 11.7 Å². The number of fused-ring (bicyclic) bond motifs is 2. The van der Waals surface area contributed by atoms with Gasteiger partial charge in [-0.2, -0.15) is 0 Å². The number of rotatable bonds is 10. The van der Waals surface area contributed by atoms with Crippen molar-refractivity contribution in [1.29, 1.82) is 0 Å². The molecule has 0 atom stereocenters. The van der Waals surface area contributed by atoms with Crippen molar-refractivity contribution in [2.24, 2.45) is 13.0 Å². The molecule has 2 heterocycles. The van der Waals surface area contributed by atoms with E-state index in [9.17, 15) is 14.4 Å². The van der Waals surface area contributed by atoms with Crippen LogP contribution in [0.15, 0.2) is 76.3 Å². The Bertz CT molecular complexity index is 1890. The zero-order chi connectivity index (χ0) is 29.8. The molecule has 0 spiro atoms. The topological polar surface area (TPSA) is 105 Å². The lowest BCUT2D eigenvalue weighted by molar-refractivity contribution is -0.142. The van der Waals surface area contributed by atoms with Crippen LogP contribution in [-0.4, -0.2) is 25.1 Å². The predicted octanol–water partition coefficient (Wildman–Crippen LogP) is 4.73. The van der Waals surface area contributed by atoms with Crippen molar-refractivity contribution in [3.05, 3.63) is 110 Å². The summed E-state index contributed by atoms with van der Waals surface area (Å²) in [6.07, 6.45) is 1.03. The summed E-state index contributed by atoms with van der Waals surface area (Å²) in [5, 5.41) is 2.03. The van der Waals surface area contributed by atoms with Gasteiger partial charge in [0.15, 0.2) is 11.2 Å². The first-order chi connectivity index (χ1) is 20.2. The van der Waals surface area contributed by atoms with Gasteiger partial charge in [0.25, 0.3) is 5.56 Å². The van der Waals surface area contributed by atoms with E-state index < -0.39 is 11.2 Å². The van der Waals surface area contributed by atoms with Crippen LogP contribution in [0.3, 0.4) is 0 Å². The van der Waals surface area contributed by atoms with Crippen LogP contribution in [-0.2, 0) is 49.2 Å². The summed E-state index contributed by atoms with van der Waals surface area (Å²) in [6, 6.07) is 21.6. The normalized spacial score (nSPS) is 11.4. The average molecular weight is 567 g/mol. The van der Waals surface area contributed by atoms with E-state index in [2.05, 4.69) is 0 Å². The average Bonchev–Trinajstić information content (AvgIpc) is 2.99. The fraction of sp³-hybridized carbons (Fsp3) is 0.303. The van der Waals surface area contributed by atoms with Crippen LogP contribution in [0.2, 0.25) is 0 Å². The first-order valence-corrected chi connectivity index (χ1v) is 14.0. The Kier molecular flexibility index (Phi) is 8.47. The van der Waals surface area contributed by atoms with Gasteiger partial charge in [0.05, 0.1) is 5.69 Å². The molecule has 42 heavy (non-hydrogen) atoms. The second-order valence-corrected chi connectivity index (χ2v) is 10.8. The molecule has 5 rings (SSSR count). The first kappa shape index (κ1) is 28.7. The SMILES string of the molecule is CC(=O)OCc1ccccc1CCc1nc2c(=O)n(C)c(=O)n(CC(C)C)c2nc1COc1cccc2ccccc12. The molecular formula is C33H34N4O5. The lowest BCUT2D eigenvalue weighted by Gasteiger charge is -2.17. The van der Waals surface area contributed by atoms with Gasteiger partial charge in [0.2, 0.25) is 0 Å². The van der Waals surface area contributed by atoms with E-state index in [-0.39, 0.29) is 36.3 Å². The van der Waals surface area contributed by atoms with Crippen LogP contribution < -0.4 is 16.0 Å². The van der Waals surface area contributed by atoms with Crippen molar-refractivity contribution in [3.8, 4) is 5.75 Å². The van der Waals surface area contributed by atoms with E-state index in [1.807, 2.05) is 80.6 Å². The number of carbonyl (C=O) groups excluding carboxylic acids is 1. The van der Waals surface area contributed by atoms with Gasteiger partial charge in [-0.05, 0) is 41.3 Å². The molecule has 0 saturated heterocycles. The minimum absolute atomic E-state index is 0.104. The molecule has 0 fully saturated rings. The van der Waals surface area contributed by atoms with Gasteiger partial charge in [-0.15, -0.1) is 0 Å². The maximum absolute atomic E-state index is 13.2. The fourth-order valence-electron chi connectivity index (χ4n) is 5.03. The predicted molar refractivity (Wildman–Crippen MR) is 161 cm³/mol. The summed E-state index contributed by atoms with van der Waals surface area (Å²) >= 11 is 0. The third kappa shape index (κ3) is 6.10. The van der Waals surface area contributed by atoms with Gasteiger partial charge < -0.3 is 9.47 Å². The second kappa shape index (κ2) is 12.4. The Morgan fingerprint density at radius 1 is 0.857 bits per heavy atom. The molecule has 216 valence electrons. The van der Waals surface area contributed by atoms with Crippen molar-refractivity contribution in [2.45, 2.75) is 53.4 Å². The number of hydrogen-bond donors (Lipinski definition) is 0. The van der Waals surface area contributed by atoms with Crippen LogP contribution in [0.5, 0.6) is 5.75 Å². The van der Waals surface area contributed by atoms with Gasteiger partial charge in [-0.3, -0.25) is 18.7 Å². The van der Waals surface area contributed by atoms with E-state index in [1.165, 1.54) is 18.5 Å². The Morgan fingerprint density at radius 2 is 1.57 bits per heavy atom. The Morgan fingerprint density at radius 3 is 2.33 bits per heavy atom. The minimum atomic E-state index is -0.486. The maximum atomic E-state index is 13.2. The highest BCUT2D eigenvalue weighted by atomic mass is 16.5. The van der Waals surface area contributed by atoms with Crippen LogP contribution >= 0.6 is 0 Å². The highest BCUT2D eigenvalue weighted by molar-refractivity contribution is 5.88. The molecule has 9 nitrogen and oxygen atoms in total. The van der Waals surface area contributed by atoms with Crippen molar-refractivity contribution in [1.82, 2.24) is 19.1 Å². The number of benzene rings is 3. The number of hydrogen-bond acceptors (Lipinski definition) is 7. The Hall–Kier alpha value is -4.79. The van der Waals surface area contributed by atoms with Gasteiger partial charge in [-0.1, -0.05) is 74.5 Å². The summed E-state index contributed by atoms with van der Waals surface area (Å²) in [6.45, 7) is 6.06. The van der Waals surface area contributed by atoms with Crippen molar-refractivity contribution in [2.75, 3.05) is 0 Å².